The van der Waals surface area contributed by atoms with Gasteiger partial charge in [0, 0.05) is 0 Å². The zero-order chi connectivity index (χ0) is 11.2. The molecule has 0 aliphatic carbocycles. The Morgan fingerprint density at radius 1 is 1.00 bits per heavy atom. The van der Waals surface area contributed by atoms with E-state index in [2.05, 4.69) is 24.3 Å². The molecule has 2 aromatic rings. The van der Waals surface area contributed by atoms with Crippen LogP contribution in [0.2, 0.25) is 0 Å². The summed E-state index contributed by atoms with van der Waals surface area (Å²) in [5, 5.41) is 0. The van der Waals surface area contributed by atoms with Crippen molar-refractivity contribution in [3.8, 4) is 5.75 Å². The lowest BCUT2D eigenvalue weighted by molar-refractivity contribution is 0.415. The summed E-state index contributed by atoms with van der Waals surface area (Å²) in [5.41, 5.74) is 2.31. The summed E-state index contributed by atoms with van der Waals surface area (Å²) in [6.45, 7) is 0. The molecule has 0 N–H and O–H groups in total. The van der Waals surface area contributed by atoms with Crippen LogP contribution in [0.5, 0.6) is 5.75 Å². The minimum Gasteiger partial charge on any atom is -0.497 e. The van der Waals surface area contributed by atoms with Gasteiger partial charge in [0.2, 0.25) is 0 Å². The standard InChI is InChI=1S/C15H13O/c1-16-15-11-9-14(10-12-15)8-7-13-5-3-2-4-6-13/h2-3,5-12H,1H3/b8-7-. The topological polar surface area (TPSA) is 9.23 Å². The average molecular weight is 209 g/mol. The van der Waals surface area contributed by atoms with Crippen LogP contribution in [0, 0.1) is 6.07 Å². The molecule has 1 nitrogen and oxygen atoms in total. The van der Waals surface area contributed by atoms with Crippen LogP contribution >= 0.6 is 0 Å². The van der Waals surface area contributed by atoms with Gasteiger partial charge in [-0.15, -0.1) is 0 Å². The first kappa shape index (κ1) is 10.5. The largest absolute Gasteiger partial charge is 0.497 e. The summed E-state index contributed by atoms with van der Waals surface area (Å²) in [6.07, 6.45) is 4.14. The van der Waals surface area contributed by atoms with Gasteiger partial charge in [0.1, 0.15) is 5.75 Å². The molecule has 0 bridgehead atoms. The first-order chi connectivity index (χ1) is 7.88. The minimum absolute atomic E-state index is 0.880. The van der Waals surface area contributed by atoms with Crippen LogP contribution in [-0.2, 0) is 0 Å². The molecule has 0 aliphatic rings. The van der Waals surface area contributed by atoms with E-state index in [1.165, 1.54) is 0 Å². The summed E-state index contributed by atoms with van der Waals surface area (Å²) < 4.78 is 5.10. The highest BCUT2D eigenvalue weighted by molar-refractivity contribution is 5.69. The van der Waals surface area contributed by atoms with Crippen LogP contribution in [0.3, 0.4) is 0 Å². The van der Waals surface area contributed by atoms with E-state index >= 15 is 0 Å². The Morgan fingerprint density at radius 2 is 1.75 bits per heavy atom. The number of hydrogen-bond acceptors (Lipinski definition) is 1. The first-order valence-electron chi connectivity index (χ1n) is 5.17. The lowest BCUT2D eigenvalue weighted by Crippen LogP contribution is -1.81. The molecule has 0 spiro atoms. The van der Waals surface area contributed by atoms with E-state index in [0.29, 0.717) is 0 Å². The van der Waals surface area contributed by atoms with Crippen molar-refractivity contribution in [2.75, 3.05) is 7.11 Å². The molecule has 2 rings (SSSR count). The zero-order valence-electron chi connectivity index (χ0n) is 9.18. The molecule has 1 heteroatoms. The Bertz CT molecular complexity index is 455. The quantitative estimate of drug-likeness (QED) is 0.701. The van der Waals surface area contributed by atoms with Crippen molar-refractivity contribution in [3.05, 3.63) is 65.7 Å². The van der Waals surface area contributed by atoms with Crippen molar-refractivity contribution in [1.29, 1.82) is 0 Å². The fraction of sp³-hybridized carbons (Fsp3) is 0.0667. The van der Waals surface area contributed by atoms with Gasteiger partial charge in [0.15, 0.2) is 0 Å². The number of benzene rings is 2. The van der Waals surface area contributed by atoms with Crippen molar-refractivity contribution in [2.45, 2.75) is 0 Å². The van der Waals surface area contributed by atoms with Crippen LogP contribution in [0.4, 0.5) is 0 Å². The van der Waals surface area contributed by atoms with Crippen LogP contribution in [0.25, 0.3) is 12.2 Å². The van der Waals surface area contributed by atoms with E-state index in [1.807, 2.05) is 42.5 Å². The molecule has 0 unspecified atom stereocenters. The molecule has 0 amide bonds. The number of methoxy groups -OCH3 is 1. The lowest BCUT2D eigenvalue weighted by Gasteiger charge is -1.99. The molecule has 0 atom stereocenters. The molecule has 0 aromatic heterocycles. The van der Waals surface area contributed by atoms with E-state index in [0.717, 1.165) is 16.9 Å². The minimum atomic E-state index is 0.880. The molecule has 1 radical (unpaired) electrons. The summed E-state index contributed by atoms with van der Waals surface area (Å²) in [7, 11) is 1.67. The Labute approximate surface area is 96.0 Å². The molecular formula is C15H13O. The Balaban J connectivity index is 2.12. The monoisotopic (exact) mass is 209 g/mol. The van der Waals surface area contributed by atoms with Gasteiger partial charge in [0.25, 0.3) is 0 Å². The van der Waals surface area contributed by atoms with Crippen LogP contribution in [-0.4, -0.2) is 7.11 Å². The van der Waals surface area contributed by atoms with Crippen molar-refractivity contribution in [1.82, 2.24) is 0 Å². The molecule has 0 heterocycles. The average Bonchev–Trinajstić information content (AvgIpc) is 2.38. The highest BCUT2D eigenvalue weighted by atomic mass is 16.5. The maximum Gasteiger partial charge on any atom is 0.118 e. The highest BCUT2D eigenvalue weighted by Gasteiger charge is 1.90. The fourth-order valence-corrected chi connectivity index (χ4v) is 1.42. The molecule has 0 aliphatic heterocycles. The maximum absolute atomic E-state index is 5.10. The van der Waals surface area contributed by atoms with Gasteiger partial charge in [-0.3, -0.25) is 0 Å². The molecule has 0 saturated carbocycles. The van der Waals surface area contributed by atoms with Crippen LogP contribution in [0.1, 0.15) is 11.1 Å². The van der Waals surface area contributed by atoms with Gasteiger partial charge in [0.05, 0.1) is 7.11 Å². The van der Waals surface area contributed by atoms with E-state index in [9.17, 15) is 0 Å². The molecule has 16 heavy (non-hydrogen) atoms. The lowest BCUT2D eigenvalue weighted by atomic mass is 10.1. The smallest absolute Gasteiger partial charge is 0.118 e. The highest BCUT2D eigenvalue weighted by Crippen LogP contribution is 2.13. The van der Waals surface area contributed by atoms with Crippen molar-refractivity contribution in [2.24, 2.45) is 0 Å². The predicted octanol–water partition coefficient (Wildman–Crippen LogP) is 3.67. The van der Waals surface area contributed by atoms with E-state index in [-0.39, 0.29) is 0 Å². The zero-order valence-corrected chi connectivity index (χ0v) is 9.18. The van der Waals surface area contributed by atoms with E-state index < -0.39 is 0 Å². The third-order valence-electron chi connectivity index (χ3n) is 2.32. The van der Waals surface area contributed by atoms with Gasteiger partial charge in [-0.05, 0) is 35.4 Å². The number of ether oxygens (including phenoxy) is 1. The Hall–Kier alpha value is -2.02. The fourth-order valence-electron chi connectivity index (χ4n) is 1.42. The van der Waals surface area contributed by atoms with Gasteiger partial charge < -0.3 is 4.74 Å². The van der Waals surface area contributed by atoms with Gasteiger partial charge in [-0.25, -0.2) is 0 Å². The molecule has 0 fully saturated rings. The van der Waals surface area contributed by atoms with E-state index in [4.69, 9.17) is 4.74 Å². The summed E-state index contributed by atoms with van der Waals surface area (Å²) in [6, 6.07) is 18.9. The molecule has 2 aromatic carbocycles. The summed E-state index contributed by atoms with van der Waals surface area (Å²) >= 11 is 0. The van der Waals surface area contributed by atoms with Gasteiger partial charge >= 0.3 is 0 Å². The number of rotatable bonds is 3. The molecular weight excluding hydrogens is 196 g/mol. The van der Waals surface area contributed by atoms with Crippen molar-refractivity contribution in [3.63, 3.8) is 0 Å². The third kappa shape index (κ3) is 2.74. The molecule has 0 saturated heterocycles. The second-order valence-corrected chi connectivity index (χ2v) is 3.44. The van der Waals surface area contributed by atoms with Gasteiger partial charge in [-0.2, -0.15) is 0 Å². The summed E-state index contributed by atoms with van der Waals surface area (Å²) in [5.74, 6) is 0.880. The Kier molecular flexibility index (Phi) is 3.39. The predicted molar refractivity (Wildman–Crippen MR) is 67.2 cm³/mol. The SMILES string of the molecule is COc1ccc(/C=C\c2c[c]ccc2)cc1. The third-order valence-corrected chi connectivity index (χ3v) is 2.32. The van der Waals surface area contributed by atoms with Crippen molar-refractivity contribution < 1.29 is 4.74 Å². The van der Waals surface area contributed by atoms with Crippen molar-refractivity contribution >= 4 is 12.2 Å². The first-order valence-corrected chi connectivity index (χ1v) is 5.17. The second kappa shape index (κ2) is 5.17. The van der Waals surface area contributed by atoms with Gasteiger partial charge in [-0.1, -0.05) is 42.5 Å². The van der Waals surface area contributed by atoms with E-state index in [1.54, 1.807) is 7.11 Å². The van der Waals surface area contributed by atoms with Crippen LogP contribution in [0.15, 0.2) is 48.5 Å². The Morgan fingerprint density at radius 3 is 2.38 bits per heavy atom. The normalized spacial score (nSPS) is 10.6. The second-order valence-electron chi connectivity index (χ2n) is 3.44. The van der Waals surface area contributed by atoms with Crippen LogP contribution < -0.4 is 4.74 Å². The number of hydrogen-bond donors (Lipinski definition) is 0. The maximum atomic E-state index is 5.10. The summed E-state index contributed by atoms with van der Waals surface area (Å²) in [4.78, 5) is 0. The molecule has 79 valence electrons.